The average molecular weight is 420 g/mol. The zero-order valence-electron chi connectivity index (χ0n) is 14.3. The summed E-state index contributed by atoms with van der Waals surface area (Å²) in [5.41, 5.74) is 1.37. The van der Waals surface area contributed by atoms with Crippen LogP contribution < -0.4 is 5.32 Å². The van der Waals surface area contributed by atoms with Gasteiger partial charge in [-0.25, -0.2) is 9.59 Å². The van der Waals surface area contributed by atoms with E-state index in [9.17, 15) is 14.4 Å². The van der Waals surface area contributed by atoms with Gasteiger partial charge < -0.3 is 14.8 Å². The summed E-state index contributed by atoms with van der Waals surface area (Å²) in [6.45, 7) is 0. The molecule has 6 nitrogen and oxygen atoms in total. The van der Waals surface area contributed by atoms with Crippen LogP contribution >= 0.6 is 15.9 Å². The number of methoxy groups -OCH3 is 2. The number of carbonyl (C=O) groups excluding carboxylic acids is 3. The monoisotopic (exact) mass is 419 g/mol. The lowest BCUT2D eigenvalue weighted by atomic mass is 10.0. The van der Waals surface area contributed by atoms with Crippen LogP contribution in [0.2, 0.25) is 0 Å². The highest BCUT2D eigenvalue weighted by Gasteiger charge is 2.23. The lowest BCUT2D eigenvalue weighted by molar-refractivity contribution is -0.142. The van der Waals surface area contributed by atoms with E-state index in [1.807, 2.05) is 24.3 Å². The van der Waals surface area contributed by atoms with Gasteiger partial charge in [0.05, 0.1) is 19.8 Å². The van der Waals surface area contributed by atoms with Crippen LogP contribution in [0.15, 0.2) is 53.0 Å². The van der Waals surface area contributed by atoms with Crippen molar-refractivity contribution in [2.24, 2.45) is 0 Å². The van der Waals surface area contributed by atoms with Crippen molar-refractivity contribution in [3.8, 4) is 0 Å². The van der Waals surface area contributed by atoms with Crippen molar-refractivity contribution in [1.29, 1.82) is 0 Å². The van der Waals surface area contributed by atoms with E-state index in [0.717, 1.165) is 10.0 Å². The van der Waals surface area contributed by atoms with Gasteiger partial charge >= 0.3 is 11.9 Å². The number of hydrogen-bond acceptors (Lipinski definition) is 5. The molecule has 0 radical (unpaired) electrons. The number of benzene rings is 2. The van der Waals surface area contributed by atoms with Gasteiger partial charge in [-0.2, -0.15) is 0 Å². The Morgan fingerprint density at radius 1 is 1.00 bits per heavy atom. The van der Waals surface area contributed by atoms with Crippen LogP contribution in [0.1, 0.15) is 26.3 Å². The molecule has 0 saturated carbocycles. The van der Waals surface area contributed by atoms with Crippen LogP contribution in [0, 0.1) is 0 Å². The Morgan fingerprint density at radius 3 is 2.27 bits per heavy atom. The van der Waals surface area contributed by atoms with Gasteiger partial charge in [0.1, 0.15) is 6.04 Å². The highest BCUT2D eigenvalue weighted by molar-refractivity contribution is 9.10. The third-order valence-corrected chi connectivity index (χ3v) is 4.22. The van der Waals surface area contributed by atoms with E-state index in [1.54, 1.807) is 18.2 Å². The fourth-order valence-electron chi connectivity index (χ4n) is 2.34. The highest BCUT2D eigenvalue weighted by atomic mass is 79.9. The molecule has 0 aliphatic rings. The number of halogens is 1. The van der Waals surface area contributed by atoms with Gasteiger partial charge in [0.2, 0.25) is 0 Å². The number of rotatable bonds is 6. The maximum atomic E-state index is 12.5. The summed E-state index contributed by atoms with van der Waals surface area (Å²) in [4.78, 5) is 36.2. The standard InChI is InChI=1S/C19H18BrNO5/c1-25-18(23)14-5-3-4-13(11-14)17(22)21-16(19(24)26-2)10-12-6-8-15(20)9-7-12/h3-9,11,16H,10H2,1-2H3,(H,21,22)/t16-/m0/s1. The minimum atomic E-state index is -0.851. The quantitative estimate of drug-likeness (QED) is 0.727. The van der Waals surface area contributed by atoms with E-state index in [2.05, 4.69) is 26.0 Å². The second-order valence-electron chi connectivity index (χ2n) is 5.45. The molecule has 0 spiro atoms. The van der Waals surface area contributed by atoms with Crippen molar-refractivity contribution in [3.05, 3.63) is 69.7 Å². The highest BCUT2D eigenvalue weighted by Crippen LogP contribution is 2.13. The zero-order chi connectivity index (χ0) is 19.1. The first-order valence-electron chi connectivity index (χ1n) is 7.76. The Hall–Kier alpha value is -2.67. The molecule has 0 saturated heterocycles. The molecule has 0 aliphatic carbocycles. The van der Waals surface area contributed by atoms with E-state index >= 15 is 0 Å². The summed E-state index contributed by atoms with van der Waals surface area (Å²) in [5, 5.41) is 2.65. The number of ether oxygens (including phenoxy) is 2. The van der Waals surface area contributed by atoms with Crippen molar-refractivity contribution in [2.75, 3.05) is 14.2 Å². The lowest BCUT2D eigenvalue weighted by Crippen LogP contribution is -2.43. The van der Waals surface area contributed by atoms with Gasteiger partial charge in [-0.1, -0.05) is 34.1 Å². The summed E-state index contributed by atoms with van der Waals surface area (Å²) >= 11 is 3.35. The molecule has 7 heteroatoms. The predicted molar refractivity (Wildman–Crippen MR) is 98.9 cm³/mol. The molecule has 0 fully saturated rings. The first-order chi connectivity index (χ1) is 12.4. The van der Waals surface area contributed by atoms with Crippen LogP contribution in [0.5, 0.6) is 0 Å². The molecule has 1 N–H and O–H groups in total. The molecular formula is C19H18BrNO5. The maximum Gasteiger partial charge on any atom is 0.337 e. The second kappa shape index (κ2) is 9.15. The predicted octanol–water partition coefficient (Wildman–Crippen LogP) is 2.75. The number of nitrogens with one attached hydrogen (secondary N) is 1. The molecule has 136 valence electrons. The summed E-state index contributed by atoms with van der Waals surface area (Å²) in [5.74, 6) is -1.58. The minimum absolute atomic E-state index is 0.248. The SMILES string of the molecule is COC(=O)c1cccc(C(=O)N[C@@H](Cc2ccc(Br)cc2)C(=O)OC)c1. The van der Waals surface area contributed by atoms with Crippen LogP contribution in [0.3, 0.4) is 0 Å². The van der Waals surface area contributed by atoms with Gasteiger partial charge in [-0.05, 0) is 35.9 Å². The second-order valence-corrected chi connectivity index (χ2v) is 6.37. The third kappa shape index (κ3) is 5.16. The fraction of sp³-hybridized carbons (Fsp3) is 0.211. The number of carbonyl (C=O) groups is 3. The maximum absolute atomic E-state index is 12.5. The Kier molecular flexibility index (Phi) is 6.91. The van der Waals surface area contributed by atoms with Gasteiger partial charge in [-0.15, -0.1) is 0 Å². The Bertz CT molecular complexity index is 804. The first kappa shape index (κ1) is 19.7. The topological polar surface area (TPSA) is 81.7 Å². The molecule has 1 atom stereocenters. The summed E-state index contributed by atoms with van der Waals surface area (Å²) < 4.78 is 10.4. The van der Waals surface area contributed by atoms with Crippen molar-refractivity contribution in [3.63, 3.8) is 0 Å². The largest absolute Gasteiger partial charge is 0.467 e. The molecule has 0 aliphatic heterocycles. The smallest absolute Gasteiger partial charge is 0.337 e. The Balaban J connectivity index is 2.17. The molecule has 26 heavy (non-hydrogen) atoms. The number of hydrogen-bond donors (Lipinski definition) is 1. The van der Waals surface area contributed by atoms with E-state index in [0.29, 0.717) is 0 Å². The molecule has 0 bridgehead atoms. The number of esters is 2. The summed E-state index contributed by atoms with van der Waals surface area (Å²) in [6.07, 6.45) is 0.280. The van der Waals surface area contributed by atoms with Crippen molar-refractivity contribution < 1.29 is 23.9 Å². The van der Waals surface area contributed by atoms with Gasteiger partial charge in [0.15, 0.2) is 0 Å². The molecule has 2 aromatic carbocycles. The van der Waals surface area contributed by atoms with Crippen molar-refractivity contribution in [2.45, 2.75) is 12.5 Å². The van der Waals surface area contributed by atoms with Gasteiger partial charge in [-0.3, -0.25) is 4.79 Å². The van der Waals surface area contributed by atoms with E-state index in [-0.39, 0.29) is 17.5 Å². The molecule has 0 heterocycles. The van der Waals surface area contributed by atoms with Crippen molar-refractivity contribution in [1.82, 2.24) is 5.32 Å². The first-order valence-corrected chi connectivity index (χ1v) is 8.55. The lowest BCUT2D eigenvalue weighted by Gasteiger charge is -2.17. The van der Waals surface area contributed by atoms with Crippen LogP contribution in [-0.2, 0) is 20.7 Å². The van der Waals surface area contributed by atoms with Crippen LogP contribution in [0.4, 0.5) is 0 Å². The summed E-state index contributed by atoms with van der Waals surface area (Å²) in [6, 6.07) is 12.6. The molecule has 1 amide bonds. The van der Waals surface area contributed by atoms with E-state index in [1.165, 1.54) is 20.3 Å². The molecule has 2 rings (SSSR count). The molecular weight excluding hydrogens is 402 g/mol. The molecule has 0 aromatic heterocycles. The van der Waals surface area contributed by atoms with Crippen LogP contribution in [0.25, 0.3) is 0 Å². The van der Waals surface area contributed by atoms with E-state index in [4.69, 9.17) is 4.74 Å². The zero-order valence-corrected chi connectivity index (χ0v) is 15.9. The Labute approximate surface area is 159 Å². The van der Waals surface area contributed by atoms with Gasteiger partial charge in [0, 0.05) is 16.5 Å². The Morgan fingerprint density at radius 2 is 1.65 bits per heavy atom. The average Bonchev–Trinajstić information content (AvgIpc) is 2.67. The number of amides is 1. The normalized spacial score (nSPS) is 11.3. The minimum Gasteiger partial charge on any atom is -0.467 e. The molecule has 2 aromatic rings. The van der Waals surface area contributed by atoms with Crippen molar-refractivity contribution >= 4 is 33.8 Å². The van der Waals surface area contributed by atoms with Gasteiger partial charge in [0.25, 0.3) is 5.91 Å². The molecule has 0 unspecified atom stereocenters. The van der Waals surface area contributed by atoms with E-state index < -0.39 is 23.9 Å². The summed E-state index contributed by atoms with van der Waals surface area (Å²) in [7, 11) is 2.53. The fourth-order valence-corrected chi connectivity index (χ4v) is 2.60. The third-order valence-electron chi connectivity index (χ3n) is 3.69. The van der Waals surface area contributed by atoms with Crippen LogP contribution in [-0.4, -0.2) is 38.1 Å².